The topological polar surface area (TPSA) is 52.2 Å². The highest BCUT2D eigenvalue weighted by atomic mass is 19.3. The van der Waals surface area contributed by atoms with Crippen LogP contribution in [0.1, 0.15) is 17.2 Å². The molecule has 0 amide bonds. The van der Waals surface area contributed by atoms with E-state index in [1.807, 2.05) is 0 Å². The van der Waals surface area contributed by atoms with Crippen LogP contribution in [0.4, 0.5) is 17.6 Å². The van der Waals surface area contributed by atoms with E-state index in [2.05, 4.69) is 29.2 Å². The highest BCUT2D eigenvalue weighted by Crippen LogP contribution is 2.46. The van der Waals surface area contributed by atoms with Gasteiger partial charge in [-0.3, -0.25) is 4.90 Å². The Balaban J connectivity index is 1.54. The average molecular weight is 412 g/mol. The van der Waals surface area contributed by atoms with Crippen molar-refractivity contribution in [3.05, 3.63) is 47.5 Å². The summed E-state index contributed by atoms with van der Waals surface area (Å²) >= 11 is 0. The molecular weight excluding hydrogens is 396 g/mol. The van der Waals surface area contributed by atoms with Crippen LogP contribution in [0.2, 0.25) is 0 Å². The highest BCUT2D eigenvalue weighted by Gasteiger charge is 2.45. The van der Waals surface area contributed by atoms with Crippen LogP contribution in [0.5, 0.6) is 23.0 Å². The normalized spacial score (nSPS) is 21.6. The van der Waals surface area contributed by atoms with Gasteiger partial charge in [-0.25, -0.2) is 0 Å². The zero-order chi connectivity index (χ0) is 20.2. The Labute approximate surface area is 162 Å². The zero-order valence-corrected chi connectivity index (χ0v) is 15.0. The van der Waals surface area contributed by atoms with Gasteiger partial charge >= 0.3 is 12.6 Å². The van der Waals surface area contributed by atoms with Crippen LogP contribution in [-0.4, -0.2) is 43.7 Å². The zero-order valence-electron chi connectivity index (χ0n) is 15.0. The summed E-state index contributed by atoms with van der Waals surface area (Å²) in [5.74, 6) is -0.244. The number of fused-ring (bicyclic) bond motifs is 2. The predicted octanol–water partition coefficient (Wildman–Crippen LogP) is 3.32. The number of halogens is 4. The fourth-order valence-electron chi connectivity index (χ4n) is 3.83. The fraction of sp³-hybridized carbons (Fsp3) is 0.368. The molecular formula is C19H16F4N2O4. The third-order valence-electron chi connectivity index (χ3n) is 5.00. The van der Waals surface area contributed by atoms with E-state index in [1.165, 1.54) is 24.3 Å². The van der Waals surface area contributed by atoms with Crippen molar-refractivity contribution in [2.45, 2.75) is 18.6 Å². The molecule has 0 atom stereocenters. The quantitative estimate of drug-likeness (QED) is 0.781. The van der Waals surface area contributed by atoms with Crippen molar-refractivity contribution in [1.29, 1.82) is 0 Å². The van der Waals surface area contributed by atoms with Crippen molar-refractivity contribution in [2.24, 2.45) is 0 Å². The molecule has 3 heterocycles. The van der Waals surface area contributed by atoms with Gasteiger partial charge in [0, 0.05) is 26.2 Å². The third-order valence-corrected chi connectivity index (χ3v) is 5.00. The Morgan fingerprint density at radius 2 is 1.17 bits per heavy atom. The first kappa shape index (κ1) is 18.3. The van der Waals surface area contributed by atoms with Gasteiger partial charge in [0.2, 0.25) is 0 Å². The van der Waals surface area contributed by atoms with Crippen LogP contribution < -0.4 is 24.3 Å². The molecule has 2 aromatic carbocycles. The van der Waals surface area contributed by atoms with E-state index in [-0.39, 0.29) is 29.0 Å². The lowest BCUT2D eigenvalue weighted by molar-refractivity contribution is -0.287. The van der Waals surface area contributed by atoms with Crippen LogP contribution in [-0.2, 0) is 0 Å². The molecule has 0 bridgehead atoms. The number of ether oxygens (including phenoxy) is 4. The molecule has 0 unspecified atom stereocenters. The van der Waals surface area contributed by atoms with E-state index in [4.69, 9.17) is 0 Å². The minimum absolute atomic E-state index is 0.0526. The molecule has 29 heavy (non-hydrogen) atoms. The number of piperazine rings is 1. The minimum Gasteiger partial charge on any atom is -0.395 e. The molecule has 0 aliphatic carbocycles. The first-order valence-corrected chi connectivity index (χ1v) is 9.04. The monoisotopic (exact) mass is 412 g/mol. The Bertz CT molecular complexity index is 882. The first-order valence-electron chi connectivity index (χ1n) is 9.04. The van der Waals surface area contributed by atoms with Gasteiger partial charge in [-0.15, -0.1) is 17.6 Å². The molecule has 0 saturated carbocycles. The van der Waals surface area contributed by atoms with Crippen LogP contribution in [0.25, 0.3) is 0 Å². The van der Waals surface area contributed by atoms with Gasteiger partial charge in [0.15, 0.2) is 23.0 Å². The summed E-state index contributed by atoms with van der Waals surface area (Å²) < 4.78 is 71.7. The molecule has 6 nitrogen and oxygen atoms in total. The molecule has 0 spiro atoms. The second kappa shape index (κ2) is 6.39. The smallest absolute Gasteiger partial charge is 0.395 e. The molecule has 3 aliphatic heterocycles. The second-order valence-corrected chi connectivity index (χ2v) is 6.94. The van der Waals surface area contributed by atoms with Gasteiger partial charge in [0.05, 0.1) is 6.04 Å². The SMILES string of the molecule is FC1(F)Oc2ccc(C(c3ccc4c(c3)OC(F)(F)O4)N3CCNCC3)cc2O1. The van der Waals surface area contributed by atoms with E-state index in [1.54, 1.807) is 12.1 Å². The summed E-state index contributed by atoms with van der Waals surface area (Å²) in [6, 6.07) is 8.75. The Morgan fingerprint density at radius 3 is 1.66 bits per heavy atom. The number of alkyl halides is 4. The van der Waals surface area contributed by atoms with Crippen molar-refractivity contribution in [3.8, 4) is 23.0 Å². The Kier molecular flexibility index (Phi) is 4.04. The maximum Gasteiger partial charge on any atom is 0.586 e. The molecule has 5 rings (SSSR count). The number of benzene rings is 2. The molecule has 2 aromatic rings. The lowest BCUT2D eigenvalue weighted by atomic mass is 9.95. The van der Waals surface area contributed by atoms with Gasteiger partial charge in [0.25, 0.3) is 0 Å². The number of nitrogens with one attached hydrogen (secondary N) is 1. The van der Waals surface area contributed by atoms with Crippen LogP contribution in [0.3, 0.4) is 0 Å². The molecule has 1 fully saturated rings. The molecule has 3 aliphatic rings. The van der Waals surface area contributed by atoms with Gasteiger partial charge in [0.1, 0.15) is 0 Å². The van der Waals surface area contributed by atoms with Gasteiger partial charge < -0.3 is 24.3 Å². The van der Waals surface area contributed by atoms with Gasteiger partial charge in [-0.1, -0.05) is 12.1 Å². The summed E-state index contributed by atoms with van der Waals surface area (Å²) in [5, 5.41) is 3.25. The van der Waals surface area contributed by atoms with Crippen molar-refractivity contribution < 1.29 is 36.5 Å². The summed E-state index contributed by atoms with van der Waals surface area (Å²) in [6.45, 7) is 2.84. The predicted molar refractivity (Wildman–Crippen MR) is 91.6 cm³/mol. The maximum atomic E-state index is 13.4. The largest absolute Gasteiger partial charge is 0.586 e. The number of rotatable bonds is 3. The van der Waals surface area contributed by atoms with E-state index in [0.29, 0.717) is 24.2 Å². The van der Waals surface area contributed by atoms with Gasteiger partial charge in [-0.2, -0.15) is 0 Å². The number of hydrogen-bond acceptors (Lipinski definition) is 6. The first-order chi connectivity index (χ1) is 13.8. The van der Waals surface area contributed by atoms with Crippen LogP contribution in [0, 0.1) is 0 Å². The molecule has 10 heteroatoms. The van der Waals surface area contributed by atoms with E-state index in [9.17, 15) is 17.6 Å². The lowest BCUT2D eigenvalue weighted by Gasteiger charge is -2.35. The minimum atomic E-state index is -3.71. The number of hydrogen-bond donors (Lipinski definition) is 1. The molecule has 154 valence electrons. The van der Waals surface area contributed by atoms with E-state index in [0.717, 1.165) is 13.1 Å². The van der Waals surface area contributed by atoms with Crippen molar-refractivity contribution in [3.63, 3.8) is 0 Å². The van der Waals surface area contributed by atoms with E-state index < -0.39 is 12.6 Å². The molecule has 0 aromatic heterocycles. The lowest BCUT2D eigenvalue weighted by Crippen LogP contribution is -2.45. The molecule has 0 radical (unpaired) electrons. The highest BCUT2D eigenvalue weighted by molar-refractivity contribution is 5.51. The van der Waals surface area contributed by atoms with Crippen molar-refractivity contribution >= 4 is 0 Å². The summed E-state index contributed by atoms with van der Waals surface area (Å²) in [7, 11) is 0. The van der Waals surface area contributed by atoms with Crippen molar-refractivity contribution in [2.75, 3.05) is 26.2 Å². The van der Waals surface area contributed by atoms with Crippen LogP contribution >= 0.6 is 0 Å². The fourth-order valence-corrected chi connectivity index (χ4v) is 3.83. The third kappa shape index (κ3) is 3.42. The number of nitrogens with zero attached hydrogens (tertiary/aromatic N) is 1. The summed E-state index contributed by atoms with van der Waals surface area (Å²) in [4.78, 5) is 2.13. The van der Waals surface area contributed by atoms with Crippen LogP contribution in [0.15, 0.2) is 36.4 Å². The summed E-state index contributed by atoms with van der Waals surface area (Å²) in [5.41, 5.74) is 1.33. The molecule has 1 N–H and O–H groups in total. The average Bonchev–Trinajstić information content (AvgIpc) is 3.14. The Morgan fingerprint density at radius 1 is 0.724 bits per heavy atom. The molecule has 1 saturated heterocycles. The summed E-state index contributed by atoms with van der Waals surface area (Å²) in [6.07, 6.45) is -7.42. The van der Waals surface area contributed by atoms with E-state index >= 15 is 0 Å². The maximum absolute atomic E-state index is 13.4. The van der Waals surface area contributed by atoms with Gasteiger partial charge in [-0.05, 0) is 35.4 Å². The second-order valence-electron chi connectivity index (χ2n) is 6.94. The van der Waals surface area contributed by atoms with Crippen molar-refractivity contribution in [1.82, 2.24) is 10.2 Å². The standard InChI is InChI=1S/C19H16F4N2O4/c20-18(21)26-13-3-1-11(9-15(13)28-18)17(25-7-5-24-6-8-25)12-2-4-14-16(10-12)29-19(22,23)27-14/h1-4,9-10,17,24H,5-8H2. The Hall–Kier alpha value is -2.72.